The third-order valence-electron chi connectivity index (χ3n) is 4.48. The minimum atomic E-state index is -1.92. The molecule has 1 aliphatic rings. The molecule has 30 heavy (non-hydrogen) atoms. The molecule has 0 aromatic heterocycles. The highest BCUT2D eigenvalue weighted by atomic mass is 35.5. The molecule has 0 bridgehead atoms. The number of amides is 4. The summed E-state index contributed by atoms with van der Waals surface area (Å²) in [7, 11) is 0. The molecule has 1 unspecified atom stereocenters. The van der Waals surface area contributed by atoms with Gasteiger partial charge in [0.15, 0.2) is 0 Å². The Kier molecular flexibility index (Phi) is 5.40. The van der Waals surface area contributed by atoms with Gasteiger partial charge in [0.1, 0.15) is 23.7 Å². The van der Waals surface area contributed by atoms with Crippen molar-refractivity contribution in [2.24, 2.45) is 0 Å². The van der Waals surface area contributed by atoms with Crippen molar-refractivity contribution in [3.05, 3.63) is 68.7 Å². The second kappa shape index (κ2) is 7.67. The number of nitro groups is 1. The van der Waals surface area contributed by atoms with E-state index in [1.807, 2.05) is 0 Å². The SMILES string of the molecule is CC1(c2cc(F)ccc2F)NC(=O)N(CC(=O)Nc2cc([N+](=O)[O-])ccc2Cl)C1=O. The number of urea groups is 1. The van der Waals surface area contributed by atoms with Crippen molar-refractivity contribution in [1.29, 1.82) is 0 Å². The molecule has 9 nitrogen and oxygen atoms in total. The van der Waals surface area contributed by atoms with Gasteiger partial charge in [-0.05, 0) is 31.2 Å². The van der Waals surface area contributed by atoms with Crippen molar-refractivity contribution in [3.8, 4) is 0 Å². The molecule has 2 N–H and O–H groups in total. The maximum Gasteiger partial charge on any atom is 0.325 e. The molecule has 0 saturated carbocycles. The van der Waals surface area contributed by atoms with Gasteiger partial charge in [-0.2, -0.15) is 0 Å². The Morgan fingerprint density at radius 2 is 1.97 bits per heavy atom. The zero-order valence-electron chi connectivity index (χ0n) is 15.2. The fourth-order valence-corrected chi connectivity index (χ4v) is 3.12. The number of rotatable bonds is 5. The van der Waals surface area contributed by atoms with Crippen LogP contribution >= 0.6 is 11.6 Å². The molecule has 156 valence electrons. The molecule has 0 aliphatic carbocycles. The molecule has 1 fully saturated rings. The van der Waals surface area contributed by atoms with Crippen molar-refractivity contribution in [2.45, 2.75) is 12.5 Å². The predicted molar refractivity (Wildman–Crippen MR) is 101 cm³/mol. The fraction of sp³-hybridized carbons (Fsp3) is 0.167. The molecule has 12 heteroatoms. The van der Waals surface area contributed by atoms with Crippen LogP contribution in [0, 0.1) is 21.7 Å². The Morgan fingerprint density at radius 3 is 2.63 bits per heavy atom. The zero-order chi connectivity index (χ0) is 22.2. The number of hydrogen-bond donors (Lipinski definition) is 2. The van der Waals surface area contributed by atoms with Crippen molar-refractivity contribution in [2.75, 3.05) is 11.9 Å². The number of nitrogens with zero attached hydrogens (tertiary/aromatic N) is 2. The minimum absolute atomic E-state index is 0.00202. The summed E-state index contributed by atoms with van der Waals surface area (Å²) >= 11 is 5.90. The fourth-order valence-electron chi connectivity index (χ4n) is 2.96. The van der Waals surface area contributed by atoms with Crippen molar-refractivity contribution < 1.29 is 28.1 Å². The molecule has 4 amide bonds. The number of hydrogen-bond acceptors (Lipinski definition) is 5. The Labute approximate surface area is 172 Å². The molecule has 3 rings (SSSR count). The number of halogens is 3. The number of nitrogens with one attached hydrogen (secondary N) is 2. The first-order valence-electron chi connectivity index (χ1n) is 8.36. The Bertz CT molecular complexity index is 1100. The van der Waals surface area contributed by atoms with Gasteiger partial charge in [0.2, 0.25) is 5.91 Å². The Balaban J connectivity index is 1.81. The number of nitro benzene ring substituents is 1. The smallest absolute Gasteiger partial charge is 0.323 e. The Morgan fingerprint density at radius 1 is 1.27 bits per heavy atom. The highest BCUT2D eigenvalue weighted by molar-refractivity contribution is 6.33. The van der Waals surface area contributed by atoms with Crippen LogP contribution < -0.4 is 10.6 Å². The third-order valence-corrected chi connectivity index (χ3v) is 4.81. The lowest BCUT2D eigenvalue weighted by Crippen LogP contribution is -2.42. The van der Waals surface area contributed by atoms with Gasteiger partial charge in [-0.15, -0.1) is 0 Å². The molecule has 1 aliphatic heterocycles. The van der Waals surface area contributed by atoms with Gasteiger partial charge in [0, 0.05) is 17.7 Å². The van der Waals surface area contributed by atoms with E-state index in [0.717, 1.165) is 30.3 Å². The summed E-state index contributed by atoms with van der Waals surface area (Å²) in [5.41, 5.74) is -2.75. The summed E-state index contributed by atoms with van der Waals surface area (Å²) in [4.78, 5) is 48.0. The maximum absolute atomic E-state index is 14.2. The van der Waals surface area contributed by atoms with E-state index in [9.17, 15) is 33.3 Å². The highest BCUT2D eigenvalue weighted by Gasteiger charge is 2.50. The summed E-state index contributed by atoms with van der Waals surface area (Å²) in [5.74, 6) is -3.59. The van der Waals surface area contributed by atoms with E-state index in [1.54, 1.807) is 0 Å². The summed E-state index contributed by atoms with van der Waals surface area (Å²) in [6.45, 7) is 0.399. The lowest BCUT2D eigenvalue weighted by Gasteiger charge is -2.22. The second-order valence-corrected chi connectivity index (χ2v) is 6.95. The molecule has 2 aromatic carbocycles. The van der Waals surface area contributed by atoms with Crippen molar-refractivity contribution in [3.63, 3.8) is 0 Å². The van der Waals surface area contributed by atoms with Crippen LogP contribution in [0.3, 0.4) is 0 Å². The average molecular weight is 439 g/mol. The van der Waals surface area contributed by atoms with Crippen LogP contribution in [0.15, 0.2) is 36.4 Å². The summed E-state index contributed by atoms with van der Waals surface area (Å²) < 4.78 is 27.7. The van der Waals surface area contributed by atoms with Gasteiger partial charge < -0.3 is 10.6 Å². The molecule has 0 radical (unpaired) electrons. The Hall–Kier alpha value is -3.60. The molecule has 1 atom stereocenters. The second-order valence-electron chi connectivity index (χ2n) is 6.54. The van der Waals surface area contributed by atoms with Crippen LogP contribution in [0.25, 0.3) is 0 Å². The summed E-state index contributed by atoms with van der Waals surface area (Å²) in [6.07, 6.45) is 0. The van der Waals surface area contributed by atoms with Gasteiger partial charge in [-0.25, -0.2) is 13.6 Å². The van der Waals surface area contributed by atoms with E-state index in [1.165, 1.54) is 13.0 Å². The average Bonchev–Trinajstić information content (AvgIpc) is 2.89. The van der Waals surface area contributed by atoms with E-state index >= 15 is 0 Å². The first-order valence-corrected chi connectivity index (χ1v) is 8.74. The van der Waals surface area contributed by atoms with Crippen LogP contribution in [0.5, 0.6) is 0 Å². The van der Waals surface area contributed by atoms with Crippen LogP contribution in [0.2, 0.25) is 5.02 Å². The number of carbonyl (C=O) groups is 3. The standard InChI is InChI=1S/C18H13ClF2N4O5/c1-18(11-6-9(20)2-5-13(11)21)16(27)24(17(28)23-18)8-15(26)22-14-7-10(25(29)30)3-4-12(14)19/h2-7H,8H2,1H3,(H,22,26)(H,23,28). The molecule has 2 aromatic rings. The van der Waals surface area contributed by atoms with E-state index < -0.39 is 52.1 Å². The number of anilines is 1. The summed E-state index contributed by atoms with van der Waals surface area (Å²) in [5, 5.41) is 15.4. The van der Waals surface area contributed by atoms with E-state index in [4.69, 9.17) is 11.6 Å². The van der Waals surface area contributed by atoms with E-state index in [2.05, 4.69) is 10.6 Å². The maximum atomic E-state index is 14.2. The van der Waals surface area contributed by atoms with Gasteiger partial charge in [0.25, 0.3) is 11.6 Å². The first-order chi connectivity index (χ1) is 14.0. The van der Waals surface area contributed by atoms with Gasteiger partial charge in [0.05, 0.1) is 15.6 Å². The van der Waals surface area contributed by atoms with Crippen molar-refractivity contribution in [1.82, 2.24) is 10.2 Å². The molecular formula is C18H13ClF2N4O5. The van der Waals surface area contributed by atoms with Crippen LogP contribution in [-0.2, 0) is 15.1 Å². The number of benzene rings is 2. The first kappa shape index (κ1) is 21.1. The molecule has 1 heterocycles. The van der Waals surface area contributed by atoms with Gasteiger partial charge in [-0.3, -0.25) is 24.6 Å². The third kappa shape index (κ3) is 3.79. The van der Waals surface area contributed by atoms with Crippen LogP contribution in [0.4, 0.5) is 25.0 Å². The monoisotopic (exact) mass is 438 g/mol. The van der Waals surface area contributed by atoms with Gasteiger partial charge in [-0.1, -0.05) is 11.6 Å². The zero-order valence-corrected chi connectivity index (χ0v) is 16.0. The molecule has 1 saturated heterocycles. The highest BCUT2D eigenvalue weighted by Crippen LogP contribution is 2.31. The summed E-state index contributed by atoms with van der Waals surface area (Å²) in [6, 6.07) is 4.80. The van der Waals surface area contributed by atoms with Crippen LogP contribution in [-0.4, -0.2) is 34.2 Å². The van der Waals surface area contributed by atoms with Crippen LogP contribution in [0.1, 0.15) is 12.5 Å². The quantitative estimate of drug-likeness (QED) is 0.422. The lowest BCUT2D eigenvalue weighted by molar-refractivity contribution is -0.384. The molecular weight excluding hydrogens is 426 g/mol. The van der Waals surface area contributed by atoms with Gasteiger partial charge >= 0.3 is 6.03 Å². The predicted octanol–water partition coefficient (Wildman–Crippen LogP) is 2.93. The minimum Gasteiger partial charge on any atom is -0.323 e. The van der Waals surface area contributed by atoms with Crippen molar-refractivity contribution >= 4 is 40.8 Å². The largest absolute Gasteiger partial charge is 0.325 e. The van der Waals surface area contributed by atoms with E-state index in [0.29, 0.717) is 4.90 Å². The number of imide groups is 1. The van der Waals surface area contributed by atoms with E-state index in [-0.39, 0.29) is 16.4 Å². The molecule has 0 spiro atoms. The lowest BCUT2D eigenvalue weighted by atomic mass is 9.91. The number of non-ortho nitro benzene ring substituents is 1. The number of carbonyl (C=O) groups excluding carboxylic acids is 3. The normalized spacial score (nSPS) is 18.3. The topological polar surface area (TPSA) is 122 Å².